The SMILES string of the molecule is Cl.Cl.Nc1cccc(C(=O)N2CCN(CC(=O)N3CCCC3)CC2)c1. The second-order valence-corrected chi connectivity index (χ2v) is 6.28. The minimum Gasteiger partial charge on any atom is -0.399 e. The zero-order valence-electron chi connectivity index (χ0n) is 14.2. The van der Waals surface area contributed by atoms with Crippen molar-refractivity contribution >= 4 is 42.3 Å². The number of carbonyl (C=O) groups excluding carboxylic acids is 2. The molecule has 1 aromatic rings. The van der Waals surface area contributed by atoms with E-state index in [1.807, 2.05) is 9.80 Å². The van der Waals surface area contributed by atoms with E-state index in [-0.39, 0.29) is 36.6 Å². The third-order valence-corrected chi connectivity index (χ3v) is 4.61. The van der Waals surface area contributed by atoms with Crippen molar-refractivity contribution in [1.82, 2.24) is 14.7 Å². The number of benzene rings is 1. The molecule has 3 rings (SSSR count). The molecule has 1 aromatic carbocycles. The van der Waals surface area contributed by atoms with E-state index in [1.165, 1.54) is 0 Å². The van der Waals surface area contributed by atoms with E-state index in [2.05, 4.69) is 4.90 Å². The fourth-order valence-electron chi connectivity index (χ4n) is 3.22. The molecule has 0 spiro atoms. The molecule has 2 saturated heterocycles. The van der Waals surface area contributed by atoms with Crippen LogP contribution in [0.5, 0.6) is 0 Å². The van der Waals surface area contributed by atoms with Gasteiger partial charge in [-0.1, -0.05) is 6.07 Å². The van der Waals surface area contributed by atoms with Crippen molar-refractivity contribution in [2.45, 2.75) is 12.8 Å². The van der Waals surface area contributed by atoms with Crippen LogP contribution in [0.1, 0.15) is 23.2 Å². The maximum Gasteiger partial charge on any atom is 0.254 e. The van der Waals surface area contributed by atoms with Gasteiger partial charge in [0, 0.05) is 50.5 Å². The highest BCUT2D eigenvalue weighted by Gasteiger charge is 2.25. The number of nitrogen functional groups attached to an aromatic ring is 1. The van der Waals surface area contributed by atoms with Gasteiger partial charge in [0.05, 0.1) is 6.54 Å². The van der Waals surface area contributed by atoms with Gasteiger partial charge in [-0.15, -0.1) is 24.8 Å². The molecular formula is C17H26Cl2N4O2. The van der Waals surface area contributed by atoms with E-state index in [1.54, 1.807) is 24.3 Å². The molecule has 0 saturated carbocycles. The van der Waals surface area contributed by atoms with E-state index in [0.29, 0.717) is 30.9 Å². The van der Waals surface area contributed by atoms with Crippen molar-refractivity contribution in [1.29, 1.82) is 0 Å². The molecule has 2 aliphatic heterocycles. The van der Waals surface area contributed by atoms with Gasteiger partial charge in [0.1, 0.15) is 0 Å². The van der Waals surface area contributed by atoms with Crippen molar-refractivity contribution in [3.63, 3.8) is 0 Å². The molecule has 8 heteroatoms. The fraction of sp³-hybridized carbons (Fsp3) is 0.529. The number of hydrogen-bond acceptors (Lipinski definition) is 4. The number of piperazine rings is 1. The largest absolute Gasteiger partial charge is 0.399 e. The monoisotopic (exact) mass is 388 g/mol. The summed E-state index contributed by atoms with van der Waals surface area (Å²) < 4.78 is 0. The van der Waals surface area contributed by atoms with Crippen LogP contribution < -0.4 is 5.73 Å². The minimum absolute atomic E-state index is 0. The quantitative estimate of drug-likeness (QED) is 0.796. The second-order valence-electron chi connectivity index (χ2n) is 6.28. The van der Waals surface area contributed by atoms with Crippen LogP contribution >= 0.6 is 24.8 Å². The molecule has 2 N–H and O–H groups in total. The minimum atomic E-state index is 0. The van der Waals surface area contributed by atoms with Crippen molar-refractivity contribution in [2.24, 2.45) is 0 Å². The third kappa shape index (κ3) is 5.49. The van der Waals surface area contributed by atoms with Gasteiger partial charge >= 0.3 is 0 Å². The molecule has 0 aromatic heterocycles. The lowest BCUT2D eigenvalue weighted by atomic mass is 10.1. The predicted molar refractivity (Wildman–Crippen MR) is 104 cm³/mol. The van der Waals surface area contributed by atoms with Crippen LogP contribution in [0.15, 0.2) is 24.3 Å². The molecule has 140 valence electrons. The highest BCUT2D eigenvalue weighted by Crippen LogP contribution is 2.13. The first-order valence-electron chi connectivity index (χ1n) is 8.28. The summed E-state index contributed by atoms with van der Waals surface area (Å²) >= 11 is 0. The normalized spacial score (nSPS) is 17.6. The molecule has 0 bridgehead atoms. The maximum absolute atomic E-state index is 12.5. The highest BCUT2D eigenvalue weighted by atomic mass is 35.5. The summed E-state index contributed by atoms with van der Waals surface area (Å²) in [5.41, 5.74) is 6.98. The summed E-state index contributed by atoms with van der Waals surface area (Å²) in [6, 6.07) is 7.08. The van der Waals surface area contributed by atoms with Crippen LogP contribution in [-0.2, 0) is 4.79 Å². The zero-order chi connectivity index (χ0) is 16.2. The van der Waals surface area contributed by atoms with E-state index >= 15 is 0 Å². The van der Waals surface area contributed by atoms with Gasteiger partial charge in [0.2, 0.25) is 5.91 Å². The average Bonchev–Trinajstić information content (AvgIpc) is 3.09. The molecule has 2 aliphatic rings. The van der Waals surface area contributed by atoms with Gasteiger partial charge in [-0.25, -0.2) is 0 Å². The Morgan fingerprint density at radius 2 is 1.56 bits per heavy atom. The molecule has 0 unspecified atom stereocenters. The molecule has 2 amide bonds. The summed E-state index contributed by atoms with van der Waals surface area (Å²) in [7, 11) is 0. The van der Waals surface area contributed by atoms with Crippen molar-refractivity contribution < 1.29 is 9.59 Å². The predicted octanol–water partition coefficient (Wildman–Crippen LogP) is 1.49. The number of nitrogens with zero attached hydrogens (tertiary/aromatic N) is 3. The van der Waals surface area contributed by atoms with Gasteiger partial charge in [-0.3, -0.25) is 14.5 Å². The van der Waals surface area contributed by atoms with E-state index in [4.69, 9.17) is 5.73 Å². The van der Waals surface area contributed by atoms with Crippen LogP contribution in [-0.4, -0.2) is 72.3 Å². The van der Waals surface area contributed by atoms with Crippen LogP contribution in [0, 0.1) is 0 Å². The molecule has 2 heterocycles. The number of nitrogens with two attached hydrogens (primary N) is 1. The van der Waals surface area contributed by atoms with Gasteiger partial charge in [-0.2, -0.15) is 0 Å². The Morgan fingerprint density at radius 3 is 2.16 bits per heavy atom. The van der Waals surface area contributed by atoms with Crippen molar-refractivity contribution in [3.05, 3.63) is 29.8 Å². The molecule has 0 radical (unpaired) electrons. The third-order valence-electron chi connectivity index (χ3n) is 4.61. The Labute approximate surface area is 161 Å². The first-order valence-corrected chi connectivity index (χ1v) is 8.28. The molecule has 0 aliphatic carbocycles. The molecular weight excluding hydrogens is 363 g/mol. The number of amides is 2. The van der Waals surface area contributed by atoms with E-state index < -0.39 is 0 Å². The first-order chi connectivity index (χ1) is 11.1. The molecule has 0 atom stereocenters. The highest BCUT2D eigenvalue weighted by molar-refractivity contribution is 5.95. The summed E-state index contributed by atoms with van der Waals surface area (Å²) in [5, 5.41) is 0. The van der Waals surface area contributed by atoms with Crippen molar-refractivity contribution in [2.75, 3.05) is 51.5 Å². The van der Waals surface area contributed by atoms with Gasteiger partial charge in [0.25, 0.3) is 5.91 Å². The zero-order valence-corrected chi connectivity index (χ0v) is 15.9. The van der Waals surface area contributed by atoms with Crippen LogP contribution in [0.2, 0.25) is 0 Å². The van der Waals surface area contributed by atoms with Crippen LogP contribution in [0.4, 0.5) is 5.69 Å². The summed E-state index contributed by atoms with van der Waals surface area (Å²) in [6.07, 6.45) is 2.24. The van der Waals surface area contributed by atoms with Crippen molar-refractivity contribution in [3.8, 4) is 0 Å². The Morgan fingerprint density at radius 1 is 0.920 bits per heavy atom. The number of rotatable bonds is 3. The number of likely N-dealkylation sites (tertiary alicyclic amines) is 1. The van der Waals surface area contributed by atoms with E-state index in [0.717, 1.165) is 39.0 Å². The second kappa shape index (κ2) is 9.85. The molecule has 2 fully saturated rings. The number of carbonyl (C=O) groups is 2. The molecule has 6 nitrogen and oxygen atoms in total. The number of halogens is 2. The number of hydrogen-bond donors (Lipinski definition) is 1. The Balaban J connectivity index is 0.00000156. The Bertz CT molecular complexity index is 586. The lowest BCUT2D eigenvalue weighted by Crippen LogP contribution is -2.51. The Hall–Kier alpha value is -1.50. The van der Waals surface area contributed by atoms with Crippen LogP contribution in [0.3, 0.4) is 0 Å². The maximum atomic E-state index is 12.5. The van der Waals surface area contributed by atoms with Crippen LogP contribution in [0.25, 0.3) is 0 Å². The summed E-state index contributed by atoms with van der Waals surface area (Å²) in [6.45, 7) is 5.06. The molecule has 25 heavy (non-hydrogen) atoms. The lowest BCUT2D eigenvalue weighted by Gasteiger charge is -2.35. The summed E-state index contributed by atoms with van der Waals surface area (Å²) in [4.78, 5) is 30.6. The van der Waals surface area contributed by atoms with E-state index in [9.17, 15) is 9.59 Å². The standard InChI is InChI=1S/C17H24N4O2.2ClH/c18-15-5-3-4-14(12-15)17(23)21-10-8-19(9-11-21)13-16(22)20-6-1-2-7-20;;/h3-5,12H,1-2,6-11,13,18H2;2*1H. The number of anilines is 1. The van der Waals surface area contributed by atoms with Gasteiger partial charge in [-0.05, 0) is 31.0 Å². The van der Waals surface area contributed by atoms with Gasteiger partial charge < -0.3 is 15.5 Å². The average molecular weight is 389 g/mol. The smallest absolute Gasteiger partial charge is 0.254 e. The lowest BCUT2D eigenvalue weighted by molar-refractivity contribution is -0.131. The summed E-state index contributed by atoms with van der Waals surface area (Å²) in [5.74, 6) is 0.237. The Kier molecular flexibility index (Phi) is 8.48. The topological polar surface area (TPSA) is 69.9 Å². The first kappa shape index (κ1) is 21.5. The fourth-order valence-corrected chi connectivity index (χ4v) is 3.22. The van der Waals surface area contributed by atoms with Gasteiger partial charge in [0.15, 0.2) is 0 Å².